The van der Waals surface area contributed by atoms with E-state index in [1.165, 1.54) is 36.4 Å². The van der Waals surface area contributed by atoms with Gasteiger partial charge < -0.3 is 14.7 Å². The summed E-state index contributed by atoms with van der Waals surface area (Å²) >= 11 is 0. The summed E-state index contributed by atoms with van der Waals surface area (Å²) in [5, 5.41) is 25.2. The van der Waals surface area contributed by atoms with Gasteiger partial charge in [0.25, 0.3) is 5.69 Å². The predicted octanol–water partition coefficient (Wildman–Crippen LogP) is 4.68. The topological polar surface area (TPSA) is 172 Å². The largest absolute Gasteiger partial charge is 0.478 e. The van der Waals surface area contributed by atoms with Gasteiger partial charge in [-0.1, -0.05) is 55.3 Å². The van der Waals surface area contributed by atoms with Gasteiger partial charge in [-0.15, -0.1) is 0 Å². The Morgan fingerprint density at radius 3 is 2.35 bits per heavy atom. The number of unbranched alkanes of at least 4 members (excludes halogenated alkanes) is 2. The molecule has 1 atom stereocenters. The fourth-order valence-corrected chi connectivity index (χ4v) is 5.39. The minimum absolute atomic E-state index is 0.0662. The van der Waals surface area contributed by atoms with E-state index in [1.54, 1.807) is 6.07 Å². The molecule has 0 bridgehead atoms. The molecule has 14 heteroatoms. The molecule has 12 nitrogen and oxygen atoms in total. The molecule has 0 aliphatic heterocycles. The number of rotatable bonds is 12. The van der Waals surface area contributed by atoms with E-state index in [9.17, 15) is 33.2 Å². The fraction of sp³-hybridized carbons (Fsp3) is 0.269. The van der Waals surface area contributed by atoms with E-state index < -0.39 is 72.5 Å². The maximum absolute atomic E-state index is 16.0. The highest BCUT2D eigenvalue weighted by molar-refractivity contribution is 7.87. The number of esters is 1. The van der Waals surface area contributed by atoms with Crippen LogP contribution in [0.4, 0.5) is 10.1 Å². The zero-order chi connectivity index (χ0) is 29.5. The van der Waals surface area contributed by atoms with Crippen molar-refractivity contribution in [1.29, 1.82) is 0 Å². The van der Waals surface area contributed by atoms with Crippen molar-refractivity contribution in [1.82, 2.24) is 0 Å². The number of ether oxygens (including phenoxy) is 1. The van der Waals surface area contributed by atoms with Crippen LogP contribution in [0.15, 0.2) is 87.9 Å². The number of hydrogen-bond donors (Lipinski definition) is 1. The summed E-state index contributed by atoms with van der Waals surface area (Å²) in [6, 6.07) is 11.5. The Balaban J connectivity index is 2.32. The van der Waals surface area contributed by atoms with E-state index in [1.807, 2.05) is 6.92 Å². The number of aliphatic carboxylic acids is 1. The number of carbonyl (C=O) groups excluding carboxylic acids is 1. The van der Waals surface area contributed by atoms with Gasteiger partial charge in [-0.2, -0.15) is 8.42 Å². The molecule has 0 saturated heterocycles. The molecule has 0 amide bonds. The van der Waals surface area contributed by atoms with Gasteiger partial charge in [0.15, 0.2) is 22.1 Å². The molecule has 1 aliphatic rings. The van der Waals surface area contributed by atoms with Crippen LogP contribution in [0.25, 0.3) is 0 Å². The molecule has 0 saturated carbocycles. The Labute approximate surface area is 228 Å². The Kier molecular flexibility index (Phi) is 9.50. The van der Waals surface area contributed by atoms with Crippen LogP contribution in [0.5, 0.6) is 0 Å². The number of oxime groups is 1. The van der Waals surface area contributed by atoms with Crippen molar-refractivity contribution in [3.63, 3.8) is 0 Å². The first-order valence-corrected chi connectivity index (χ1v) is 13.3. The van der Waals surface area contributed by atoms with Crippen LogP contribution in [-0.2, 0) is 28.7 Å². The number of para-hydroxylation sites is 1. The Morgan fingerprint density at radius 1 is 1.10 bits per heavy atom. The molecule has 0 radical (unpaired) electrons. The zero-order valence-electron chi connectivity index (χ0n) is 21.4. The molecule has 40 heavy (non-hydrogen) atoms. The summed E-state index contributed by atoms with van der Waals surface area (Å²) in [7, 11) is -4.13. The summed E-state index contributed by atoms with van der Waals surface area (Å²) < 4.78 is 53.9. The lowest BCUT2D eigenvalue weighted by atomic mass is 9.81. The molecule has 0 fully saturated rings. The van der Waals surface area contributed by atoms with E-state index in [0.29, 0.717) is 18.9 Å². The quantitative estimate of drug-likeness (QED) is 0.123. The van der Waals surface area contributed by atoms with Crippen molar-refractivity contribution < 1.29 is 46.2 Å². The van der Waals surface area contributed by atoms with Gasteiger partial charge in [-0.3, -0.25) is 10.1 Å². The highest BCUT2D eigenvalue weighted by Gasteiger charge is 2.54. The molecule has 212 valence electrons. The van der Waals surface area contributed by atoms with Crippen LogP contribution < -0.4 is 0 Å². The Morgan fingerprint density at radius 2 is 1.75 bits per heavy atom. The van der Waals surface area contributed by atoms with E-state index >= 15 is 4.39 Å². The molecule has 2 aromatic rings. The van der Waals surface area contributed by atoms with Gasteiger partial charge in [-0.05, 0) is 37.1 Å². The second-order valence-electron chi connectivity index (χ2n) is 8.47. The van der Waals surface area contributed by atoms with Gasteiger partial charge in [0.2, 0.25) is 0 Å². The molecular formula is C26H25FN2O10S. The number of carboxylic acid groups (broad SMARTS) is 1. The molecule has 1 N–H and O–H groups in total. The number of carboxylic acids is 1. The van der Waals surface area contributed by atoms with E-state index in [4.69, 9.17) is 8.92 Å². The number of nitro benzene ring substituents is 1. The average Bonchev–Trinajstić information content (AvgIpc) is 2.92. The first kappa shape index (κ1) is 30.1. The van der Waals surface area contributed by atoms with E-state index in [-0.39, 0.29) is 12.0 Å². The lowest BCUT2D eigenvalue weighted by molar-refractivity contribution is -0.387. The van der Waals surface area contributed by atoms with Crippen molar-refractivity contribution in [2.45, 2.75) is 43.1 Å². The monoisotopic (exact) mass is 576 g/mol. The van der Waals surface area contributed by atoms with Gasteiger partial charge >= 0.3 is 22.1 Å². The second-order valence-corrected chi connectivity index (χ2v) is 9.98. The summed E-state index contributed by atoms with van der Waals surface area (Å²) in [6.07, 6.45) is 1.29. The van der Waals surface area contributed by atoms with E-state index in [2.05, 4.69) is 9.99 Å². The van der Waals surface area contributed by atoms with Crippen LogP contribution in [0.2, 0.25) is 0 Å². The number of allylic oxidation sites excluding steroid dienone is 2. The standard InChI is InChI=1S/C26H25FN2O10S/c1-3-4-10-15-26(39-40(35,36)21-14-9-8-13-20(21)29(33)34)18(24(30)31)16-19(28-37-2)22(27)23(26)38-25(32)17-11-6-5-7-12-17/h5-9,11-14,16H,3-4,10,15H2,1-2H3,(H,30,31)/t26-/m1/s1. The van der Waals surface area contributed by atoms with Gasteiger partial charge in [0.1, 0.15) is 12.8 Å². The maximum Gasteiger partial charge on any atom is 0.343 e. The summed E-state index contributed by atoms with van der Waals surface area (Å²) in [6.45, 7) is 1.81. The lowest BCUT2D eigenvalue weighted by Crippen LogP contribution is -2.46. The zero-order valence-corrected chi connectivity index (χ0v) is 22.2. The van der Waals surface area contributed by atoms with Gasteiger partial charge in [0.05, 0.1) is 16.1 Å². The first-order valence-electron chi connectivity index (χ1n) is 11.9. The van der Waals surface area contributed by atoms with Gasteiger partial charge in [-0.25, -0.2) is 18.2 Å². The second kappa shape index (κ2) is 12.6. The van der Waals surface area contributed by atoms with Crippen molar-refractivity contribution in [3.8, 4) is 0 Å². The number of halogens is 1. The molecular weight excluding hydrogens is 551 g/mol. The van der Waals surface area contributed by atoms with Crippen molar-refractivity contribution in [3.05, 3.63) is 93.5 Å². The predicted molar refractivity (Wildman–Crippen MR) is 138 cm³/mol. The fourth-order valence-electron chi connectivity index (χ4n) is 4.03. The Bertz CT molecular complexity index is 1500. The highest BCUT2D eigenvalue weighted by atomic mass is 32.2. The van der Waals surface area contributed by atoms with Crippen LogP contribution in [0, 0.1) is 10.1 Å². The summed E-state index contributed by atoms with van der Waals surface area (Å²) in [5.41, 5.74) is -5.25. The van der Waals surface area contributed by atoms with Crippen LogP contribution >= 0.6 is 0 Å². The third-order valence-corrected chi connectivity index (χ3v) is 7.23. The SMILES string of the molecule is CCCCC[C@@]1(OS(=O)(=O)c2ccccc2[N+](=O)[O-])C(C(=O)O)=CC(=NOC)C(F)=C1OC(=O)c1ccccc1. The van der Waals surface area contributed by atoms with Gasteiger partial charge in [0, 0.05) is 6.07 Å². The minimum atomic E-state index is -5.19. The molecule has 2 aromatic carbocycles. The number of nitro groups is 1. The third-order valence-electron chi connectivity index (χ3n) is 5.85. The maximum atomic E-state index is 16.0. The molecule has 0 spiro atoms. The Hall–Kier alpha value is -4.43. The molecule has 1 aliphatic carbocycles. The molecule has 3 rings (SSSR count). The van der Waals surface area contributed by atoms with Crippen LogP contribution in [0.3, 0.4) is 0 Å². The number of nitrogens with zero attached hydrogens (tertiary/aromatic N) is 2. The number of benzene rings is 2. The summed E-state index contributed by atoms with van der Waals surface area (Å²) in [4.78, 5) is 39.9. The number of carbonyl (C=O) groups is 2. The van der Waals surface area contributed by atoms with Crippen molar-refractivity contribution >= 4 is 33.5 Å². The molecule has 0 aromatic heterocycles. The van der Waals surface area contributed by atoms with Crippen molar-refractivity contribution in [2.24, 2.45) is 5.16 Å². The first-order chi connectivity index (χ1) is 19.0. The third kappa shape index (κ3) is 6.24. The lowest BCUT2D eigenvalue weighted by Gasteiger charge is -2.37. The van der Waals surface area contributed by atoms with Crippen LogP contribution in [0.1, 0.15) is 43.0 Å². The number of hydrogen-bond acceptors (Lipinski definition) is 10. The normalized spacial score (nSPS) is 18.3. The molecule has 0 heterocycles. The average molecular weight is 577 g/mol. The highest BCUT2D eigenvalue weighted by Crippen LogP contribution is 2.45. The molecule has 0 unspecified atom stereocenters. The van der Waals surface area contributed by atoms with Crippen LogP contribution in [-0.4, -0.2) is 48.8 Å². The minimum Gasteiger partial charge on any atom is -0.478 e. The smallest absolute Gasteiger partial charge is 0.343 e. The van der Waals surface area contributed by atoms with Crippen molar-refractivity contribution in [2.75, 3.05) is 7.11 Å². The summed E-state index contributed by atoms with van der Waals surface area (Å²) in [5.74, 6) is -5.43. The van der Waals surface area contributed by atoms with E-state index in [0.717, 1.165) is 19.2 Å².